The van der Waals surface area contributed by atoms with Crippen molar-refractivity contribution in [3.63, 3.8) is 0 Å². The second kappa shape index (κ2) is 13.9. The van der Waals surface area contributed by atoms with Gasteiger partial charge < -0.3 is 18.9 Å². The summed E-state index contributed by atoms with van der Waals surface area (Å²) in [6.07, 6.45) is 0. The predicted octanol–water partition coefficient (Wildman–Crippen LogP) is 7.65. The lowest BCUT2D eigenvalue weighted by molar-refractivity contribution is 0.170. The van der Waals surface area contributed by atoms with Gasteiger partial charge in [0.25, 0.3) is 0 Å². The molecule has 0 radical (unpaired) electrons. The van der Waals surface area contributed by atoms with Crippen LogP contribution in [-0.4, -0.2) is 26.4 Å². The van der Waals surface area contributed by atoms with Crippen LogP contribution in [0.15, 0.2) is 121 Å². The minimum Gasteiger partial charge on any atom is -0.486 e. The van der Waals surface area contributed by atoms with Crippen molar-refractivity contribution in [3.05, 3.63) is 144 Å². The van der Waals surface area contributed by atoms with Gasteiger partial charge in [-0.3, -0.25) is 0 Å². The van der Waals surface area contributed by atoms with Crippen LogP contribution in [0.3, 0.4) is 0 Å². The van der Waals surface area contributed by atoms with Crippen LogP contribution in [0.25, 0.3) is 11.1 Å². The van der Waals surface area contributed by atoms with Crippen LogP contribution in [0.4, 0.5) is 0 Å². The zero-order chi connectivity index (χ0) is 34.2. The normalized spacial score (nSPS) is 13.5. The molecule has 0 amide bonds. The van der Waals surface area contributed by atoms with Crippen molar-refractivity contribution in [2.75, 3.05) is 26.4 Å². The van der Waals surface area contributed by atoms with E-state index < -0.39 is 15.8 Å². The van der Waals surface area contributed by atoms with Gasteiger partial charge in [0.1, 0.15) is 26.4 Å². The Bertz CT molecular complexity index is 1890. The van der Waals surface area contributed by atoms with E-state index in [-0.39, 0.29) is 0 Å². The Labute approximate surface area is 297 Å². The summed E-state index contributed by atoms with van der Waals surface area (Å²) in [5.41, 5.74) is 7.00. The molecule has 2 aliphatic heterocycles. The number of hydrogen-bond donors (Lipinski definition) is 0. The Morgan fingerprint density at radius 3 is 0.920 bits per heavy atom. The largest absolute Gasteiger partial charge is 0.486 e. The number of hydrogen-bond acceptors (Lipinski definition) is 4. The summed E-state index contributed by atoms with van der Waals surface area (Å²) in [6, 6.07) is 44.8. The predicted molar refractivity (Wildman–Crippen MR) is 210 cm³/mol. The minimum absolute atomic E-state index is 0.475. The number of benzene rings is 6. The average Bonchev–Trinajstić information content (AvgIpc) is 3.15. The first-order valence-electron chi connectivity index (χ1n) is 17.2. The van der Waals surface area contributed by atoms with Crippen molar-refractivity contribution < 1.29 is 18.9 Å². The molecule has 6 heteroatoms. The van der Waals surface area contributed by atoms with E-state index in [9.17, 15) is 0 Å². The second-order valence-corrected chi connectivity index (χ2v) is 17.4. The summed E-state index contributed by atoms with van der Waals surface area (Å²) >= 11 is 0. The molecule has 2 aliphatic rings. The highest BCUT2D eigenvalue weighted by atomic mass is 31.1. The molecule has 0 aromatic heterocycles. The van der Waals surface area contributed by atoms with E-state index in [1.54, 1.807) is 0 Å². The smallest absolute Gasteiger partial charge is 0.169 e. The van der Waals surface area contributed by atoms with Crippen molar-refractivity contribution in [2.45, 2.75) is 27.7 Å². The van der Waals surface area contributed by atoms with Gasteiger partial charge in [-0.15, -0.1) is 0 Å². The molecule has 4 nitrogen and oxygen atoms in total. The van der Waals surface area contributed by atoms with E-state index in [2.05, 4.69) is 149 Å². The quantitative estimate of drug-likeness (QED) is 0.161. The maximum absolute atomic E-state index is 6.67. The Balaban J connectivity index is 1.47. The molecule has 6 aromatic carbocycles. The van der Waals surface area contributed by atoms with Crippen LogP contribution < -0.4 is 50.8 Å². The van der Waals surface area contributed by atoms with Crippen LogP contribution in [-0.2, 0) is 0 Å². The van der Waals surface area contributed by atoms with Gasteiger partial charge in [-0.25, -0.2) is 0 Å². The van der Waals surface area contributed by atoms with Gasteiger partial charge in [-0.1, -0.05) is 119 Å². The topological polar surface area (TPSA) is 36.9 Å². The van der Waals surface area contributed by atoms with Gasteiger partial charge in [0.2, 0.25) is 0 Å². The van der Waals surface area contributed by atoms with E-state index in [1.165, 1.54) is 54.1 Å². The van der Waals surface area contributed by atoms with Crippen LogP contribution in [0.2, 0.25) is 0 Å². The highest BCUT2D eigenvalue weighted by Crippen LogP contribution is 2.52. The zero-order valence-corrected chi connectivity index (χ0v) is 30.7. The first-order valence-corrected chi connectivity index (χ1v) is 19.9. The summed E-state index contributed by atoms with van der Waals surface area (Å²) < 4.78 is 26.0. The average molecular weight is 695 g/mol. The third-order valence-electron chi connectivity index (χ3n) is 9.27. The third kappa shape index (κ3) is 6.28. The molecule has 0 bridgehead atoms. The molecule has 0 saturated carbocycles. The molecule has 0 atom stereocenters. The zero-order valence-electron chi connectivity index (χ0n) is 28.9. The molecule has 50 heavy (non-hydrogen) atoms. The van der Waals surface area contributed by atoms with Gasteiger partial charge in [-0.05, 0) is 99.6 Å². The van der Waals surface area contributed by atoms with E-state index in [0.717, 1.165) is 34.1 Å². The number of ether oxygens (including phenoxy) is 4. The number of rotatable bonds is 7. The third-order valence-corrected chi connectivity index (χ3v) is 14.2. The SMILES string of the molecule is Cc1ccc(P(c2ccc(C)cc2)c2ccc3c(c2-c2c(P(c4ccc(C)cc4)c4ccc(C)cc4)ccc4c2OCCO4)OCCO3)cc1. The molecule has 2 heterocycles. The van der Waals surface area contributed by atoms with E-state index in [1.807, 2.05) is 0 Å². The van der Waals surface area contributed by atoms with Gasteiger partial charge in [0, 0.05) is 11.1 Å². The molecule has 0 spiro atoms. The first kappa shape index (κ1) is 32.6. The molecule has 0 N–H and O–H groups in total. The molecular formula is C44H40O4P2. The van der Waals surface area contributed by atoms with Crippen LogP contribution in [0, 0.1) is 27.7 Å². The lowest BCUT2D eigenvalue weighted by Gasteiger charge is -2.32. The summed E-state index contributed by atoms with van der Waals surface area (Å²) in [7, 11) is -2.03. The van der Waals surface area contributed by atoms with E-state index in [0.29, 0.717) is 26.4 Å². The van der Waals surface area contributed by atoms with Gasteiger partial charge in [0.15, 0.2) is 23.0 Å². The maximum atomic E-state index is 6.67. The fourth-order valence-electron chi connectivity index (χ4n) is 6.70. The van der Waals surface area contributed by atoms with Crippen molar-refractivity contribution in [3.8, 4) is 34.1 Å². The molecular weight excluding hydrogens is 654 g/mol. The summed E-state index contributed by atoms with van der Waals surface area (Å²) in [4.78, 5) is 0. The second-order valence-electron chi connectivity index (χ2n) is 13.0. The van der Waals surface area contributed by atoms with Crippen LogP contribution in [0.1, 0.15) is 22.3 Å². The number of aryl methyl sites for hydroxylation is 4. The fourth-order valence-corrected chi connectivity index (χ4v) is 11.5. The Kier molecular flexibility index (Phi) is 9.09. The standard InChI is InChI=1S/C44H40O4P2/c1-29-5-13-33(14-6-29)49(34-15-7-30(2)8-16-34)39-23-21-37-43(47-27-25-45-37)41(39)42-40(24-22-38-44(42)48-28-26-46-38)50(35-17-9-31(3)10-18-35)36-19-11-32(4)12-20-36/h5-24H,25-28H2,1-4H3. The Hall–Kier alpha value is -4.62. The van der Waals surface area contributed by atoms with E-state index in [4.69, 9.17) is 18.9 Å². The Morgan fingerprint density at radius 1 is 0.340 bits per heavy atom. The minimum atomic E-state index is -1.02. The van der Waals surface area contributed by atoms with Crippen molar-refractivity contribution in [1.29, 1.82) is 0 Å². The fraction of sp³-hybridized carbons (Fsp3) is 0.182. The van der Waals surface area contributed by atoms with Crippen LogP contribution >= 0.6 is 15.8 Å². The summed E-state index contributed by atoms with van der Waals surface area (Å²) in [6.45, 7) is 10.5. The molecule has 250 valence electrons. The lowest BCUT2D eigenvalue weighted by atomic mass is 10.0. The lowest BCUT2D eigenvalue weighted by Crippen LogP contribution is -2.29. The van der Waals surface area contributed by atoms with Gasteiger partial charge in [0.05, 0.1) is 0 Å². The molecule has 6 aromatic rings. The molecule has 0 unspecified atom stereocenters. The molecule has 0 aliphatic carbocycles. The first-order chi connectivity index (χ1) is 24.4. The summed E-state index contributed by atoms with van der Waals surface area (Å²) in [5, 5.41) is 7.49. The molecule has 0 saturated heterocycles. The maximum Gasteiger partial charge on any atom is 0.169 e. The van der Waals surface area contributed by atoms with E-state index >= 15 is 0 Å². The highest BCUT2D eigenvalue weighted by Gasteiger charge is 2.34. The van der Waals surface area contributed by atoms with Gasteiger partial charge in [-0.2, -0.15) is 0 Å². The van der Waals surface area contributed by atoms with Crippen molar-refractivity contribution in [1.82, 2.24) is 0 Å². The van der Waals surface area contributed by atoms with Crippen molar-refractivity contribution in [2.24, 2.45) is 0 Å². The van der Waals surface area contributed by atoms with Gasteiger partial charge >= 0.3 is 0 Å². The highest BCUT2D eigenvalue weighted by molar-refractivity contribution is 7.80. The molecule has 8 rings (SSSR count). The monoisotopic (exact) mass is 694 g/mol. The van der Waals surface area contributed by atoms with Crippen LogP contribution in [0.5, 0.6) is 23.0 Å². The van der Waals surface area contributed by atoms with Crippen molar-refractivity contribution >= 4 is 47.7 Å². The summed E-state index contributed by atoms with van der Waals surface area (Å²) in [5.74, 6) is 3.06. The number of fused-ring (bicyclic) bond motifs is 2. The Morgan fingerprint density at radius 2 is 0.620 bits per heavy atom. The molecule has 0 fully saturated rings.